The molecule has 0 spiro atoms. The van der Waals surface area contributed by atoms with Gasteiger partial charge in [-0.25, -0.2) is 0 Å². The van der Waals surface area contributed by atoms with Gasteiger partial charge in [0.1, 0.15) is 31.4 Å². The van der Waals surface area contributed by atoms with Crippen molar-refractivity contribution in [1.29, 1.82) is 0 Å². The molecule has 0 aliphatic carbocycles. The van der Waals surface area contributed by atoms with Crippen LogP contribution in [0.2, 0.25) is 0 Å². The minimum Gasteiger partial charge on any atom is -0.493 e. The van der Waals surface area contributed by atoms with Crippen LogP contribution in [0.1, 0.15) is 29.7 Å². The summed E-state index contributed by atoms with van der Waals surface area (Å²) in [5.41, 5.74) is 3.24. The predicted molar refractivity (Wildman–Crippen MR) is 115 cm³/mol. The van der Waals surface area contributed by atoms with Crippen molar-refractivity contribution in [2.75, 3.05) is 39.5 Å². The Labute approximate surface area is 173 Å². The van der Waals surface area contributed by atoms with Crippen molar-refractivity contribution >= 4 is 12.0 Å². The average molecular weight is 396 g/mol. The fraction of sp³-hybridized carbons (Fsp3) is 0.375. The van der Waals surface area contributed by atoms with E-state index in [0.29, 0.717) is 6.61 Å². The average Bonchev–Trinajstić information content (AvgIpc) is 2.74. The first kappa shape index (κ1) is 21.1. The van der Waals surface area contributed by atoms with Crippen molar-refractivity contribution in [3.05, 3.63) is 71.3 Å². The Kier molecular flexibility index (Phi) is 7.85. The van der Waals surface area contributed by atoms with Gasteiger partial charge < -0.3 is 19.7 Å². The number of rotatable bonds is 8. The maximum absolute atomic E-state index is 12.7. The molecule has 1 atom stereocenters. The topological polar surface area (TPSA) is 52.0 Å². The van der Waals surface area contributed by atoms with E-state index in [0.717, 1.165) is 49.7 Å². The highest BCUT2D eigenvalue weighted by Gasteiger charge is 2.22. The number of hydrogen-bond acceptors (Lipinski definition) is 3. The Hall–Kier alpha value is -2.63. The second kappa shape index (κ2) is 10.8. The van der Waals surface area contributed by atoms with Crippen LogP contribution in [0.15, 0.2) is 54.6 Å². The fourth-order valence-corrected chi connectivity index (χ4v) is 3.49. The molecule has 154 valence electrons. The highest BCUT2D eigenvalue weighted by molar-refractivity contribution is 5.92. The van der Waals surface area contributed by atoms with E-state index in [9.17, 15) is 4.79 Å². The molecule has 1 aliphatic heterocycles. The molecule has 1 fully saturated rings. The predicted octanol–water partition coefficient (Wildman–Crippen LogP) is 2.18. The van der Waals surface area contributed by atoms with Gasteiger partial charge in [0.25, 0.3) is 0 Å². The molecule has 0 radical (unpaired) electrons. The van der Waals surface area contributed by atoms with Gasteiger partial charge in [0.2, 0.25) is 5.91 Å². The molecule has 3 rings (SSSR count). The summed E-state index contributed by atoms with van der Waals surface area (Å²) in [5.74, 6) is 0.682. The third-order valence-electron chi connectivity index (χ3n) is 5.12. The van der Waals surface area contributed by atoms with Crippen molar-refractivity contribution in [2.45, 2.75) is 19.9 Å². The van der Waals surface area contributed by atoms with Gasteiger partial charge in [0, 0.05) is 11.6 Å². The van der Waals surface area contributed by atoms with Crippen molar-refractivity contribution < 1.29 is 19.2 Å². The molecule has 0 saturated carbocycles. The minimum atomic E-state index is -0.102. The summed E-state index contributed by atoms with van der Waals surface area (Å²) in [6.07, 6.45) is 3.40. The SMILES string of the molecule is CCOc1ccccc1/C=C/C(=O)N[C@@H](C[NH+]1CCOCC1)c1ccc(C)cc1. The molecule has 1 amide bonds. The molecule has 0 aromatic heterocycles. The summed E-state index contributed by atoms with van der Waals surface area (Å²) in [4.78, 5) is 14.2. The van der Waals surface area contributed by atoms with Crippen LogP contribution >= 0.6 is 0 Å². The Balaban J connectivity index is 1.70. The van der Waals surface area contributed by atoms with Crippen LogP contribution in [0.3, 0.4) is 0 Å². The zero-order valence-electron chi connectivity index (χ0n) is 17.3. The number of hydrogen-bond donors (Lipinski definition) is 2. The maximum Gasteiger partial charge on any atom is 0.244 e. The molecule has 1 heterocycles. The third-order valence-corrected chi connectivity index (χ3v) is 5.12. The Bertz CT molecular complexity index is 811. The van der Waals surface area contributed by atoms with E-state index in [1.807, 2.05) is 37.3 Å². The quantitative estimate of drug-likeness (QED) is 0.674. The first-order chi connectivity index (χ1) is 14.2. The van der Waals surface area contributed by atoms with E-state index in [4.69, 9.17) is 9.47 Å². The number of quaternary nitrogens is 1. The molecule has 2 N–H and O–H groups in total. The number of para-hydroxylation sites is 1. The lowest BCUT2D eigenvalue weighted by Gasteiger charge is -2.28. The van der Waals surface area contributed by atoms with Crippen LogP contribution in [-0.2, 0) is 9.53 Å². The van der Waals surface area contributed by atoms with E-state index in [1.54, 1.807) is 6.08 Å². The summed E-state index contributed by atoms with van der Waals surface area (Å²) in [6.45, 7) is 8.95. The number of carbonyl (C=O) groups is 1. The van der Waals surface area contributed by atoms with Crippen molar-refractivity contribution in [3.63, 3.8) is 0 Å². The van der Waals surface area contributed by atoms with E-state index in [2.05, 4.69) is 36.5 Å². The summed E-state index contributed by atoms with van der Waals surface area (Å²) >= 11 is 0. The molecule has 1 saturated heterocycles. The van der Waals surface area contributed by atoms with Gasteiger partial charge in [-0.2, -0.15) is 0 Å². The summed E-state index contributed by atoms with van der Waals surface area (Å²) in [6, 6.07) is 16.1. The van der Waals surface area contributed by atoms with E-state index in [1.165, 1.54) is 10.5 Å². The molecular formula is C24H31N2O3+. The molecule has 5 heteroatoms. The zero-order valence-corrected chi connectivity index (χ0v) is 17.3. The monoisotopic (exact) mass is 395 g/mol. The van der Waals surface area contributed by atoms with Crippen LogP contribution in [0.25, 0.3) is 6.08 Å². The number of benzene rings is 2. The van der Waals surface area contributed by atoms with Crippen LogP contribution < -0.4 is 15.0 Å². The largest absolute Gasteiger partial charge is 0.493 e. The van der Waals surface area contributed by atoms with Crippen LogP contribution in [0, 0.1) is 6.92 Å². The minimum absolute atomic E-state index is 0.0389. The summed E-state index contributed by atoms with van der Waals surface area (Å²) < 4.78 is 11.1. The smallest absolute Gasteiger partial charge is 0.244 e. The van der Waals surface area contributed by atoms with Gasteiger partial charge in [-0.1, -0.05) is 48.0 Å². The molecule has 29 heavy (non-hydrogen) atoms. The number of ether oxygens (including phenoxy) is 2. The van der Waals surface area contributed by atoms with Gasteiger partial charge in [-0.3, -0.25) is 4.79 Å². The lowest BCUT2D eigenvalue weighted by molar-refractivity contribution is -0.909. The summed E-state index contributed by atoms with van der Waals surface area (Å²) in [7, 11) is 0. The van der Waals surface area contributed by atoms with Crippen molar-refractivity contribution in [3.8, 4) is 5.75 Å². The van der Waals surface area contributed by atoms with Crippen LogP contribution in [0.4, 0.5) is 0 Å². The molecular weight excluding hydrogens is 364 g/mol. The molecule has 0 unspecified atom stereocenters. The van der Waals surface area contributed by atoms with Gasteiger partial charge in [0.15, 0.2) is 0 Å². The standard InChI is InChI=1S/C24H30N2O3/c1-3-29-23-7-5-4-6-21(23)12-13-24(27)25-22(18-26-14-16-28-17-15-26)20-10-8-19(2)9-11-20/h4-13,22H,3,14-18H2,1-2H3,(H,25,27)/p+1/b13-12+/t22-/m0/s1. The van der Waals surface area contributed by atoms with Crippen molar-refractivity contribution in [1.82, 2.24) is 5.32 Å². The van der Waals surface area contributed by atoms with Gasteiger partial charge in [-0.05, 0) is 31.6 Å². The van der Waals surface area contributed by atoms with Crippen LogP contribution in [0.5, 0.6) is 5.75 Å². The van der Waals surface area contributed by atoms with Crippen LogP contribution in [-0.4, -0.2) is 45.4 Å². The first-order valence-corrected chi connectivity index (χ1v) is 10.3. The molecule has 1 aliphatic rings. The number of nitrogens with one attached hydrogen (secondary N) is 2. The molecule has 5 nitrogen and oxygen atoms in total. The lowest BCUT2D eigenvalue weighted by atomic mass is 10.0. The first-order valence-electron chi connectivity index (χ1n) is 10.3. The van der Waals surface area contributed by atoms with Gasteiger partial charge in [-0.15, -0.1) is 0 Å². The third kappa shape index (κ3) is 6.44. The molecule has 2 aromatic rings. The lowest BCUT2D eigenvalue weighted by Crippen LogP contribution is -3.14. The molecule has 0 bridgehead atoms. The second-order valence-corrected chi connectivity index (χ2v) is 7.34. The molecule has 2 aromatic carbocycles. The van der Waals surface area contributed by atoms with E-state index in [-0.39, 0.29) is 11.9 Å². The highest BCUT2D eigenvalue weighted by Crippen LogP contribution is 2.19. The number of morpholine rings is 1. The Morgan fingerprint density at radius 3 is 2.62 bits per heavy atom. The highest BCUT2D eigenvalue weighted by atomic mass is 16.5. The second-order valence-electron chi connectivity index (χ2n) is 7.34. The maximum atomic E-state index is 12.7. The number of amides is 1. The van der Waals surface area contributed by atoms with E-state index < -0.39 is 0 Å². The number of aryl methyl sites for hydroxylation is 1. The van der Waals surface area contributed by atoms with Gasteiger partial charge in [0.05, 0.1) is 19.8 Å². The fourth-order valence-electron chi connectivity index (χ4n) is 3.49. The summed E-state index contributed by atoms with van der Waals surface area (Å²) in [5, 5.41) is 3.19. The van der Waals surface area contributed by atoms with Gasteiger partial charge >= 0.3 is 0 Å². The normalized spacial score (nSPS) is 15.9. The van der Waals surface area contributed by atoms with E-state index >= 15 is 0 Å². The number of carbonyl (C=O) groups excluding carboxylic acids is 1. The van der Waals surface area contributed by atoms with Crippen molar-refractivity contribution in [2.24, 2.45) is 0 Å². The Morgan fingerprint density at radius 2 is 1.90 bits per heavy atom. The zero-order chi connectivity index (χ0) is 20.5. The Morgan fingerprint density at radius 1 is 1.17 bits per heavy atom.